The summed E-state index contributed by atoms with van der Waals surface area (Å²) in [7, 11) is 4.28. The lowest BCUT2D eigenvalue weighted by atomic mass is 9.93. The molecule has 0 aliphatic carbocycles. The Labute approximate surface area is 239 Å². The maximum atomic E-state index is 4.90. The number of unbranched alkanes of at least 4 members (excludes halogenated alkanes) is 1. The van der Waals surface area contributed by atoms with Crippen LogP contribution in [0.15, 0.2) is 83.4 Å². The van der Waals surface area contributed by atoms with Gasteiger partial charge in [-0.15, -0.1) is 0 Å². The van der Waals surface area contributed by atoms with E-state index < -0.39 is 0 Å². The molecule has 37 heavy (non-hydrogen) atoms. The van der Waals surface area contributed by atoms with Crippen LogP contribution in [0.5, 0.6) is 0 Å². The Bertz CT molecular complexity index is 806. The summed E-state index contributed by atoms with van der Waals surface area (Å²) >= 11 is 3.47. The van der Waals surface area contributed by atoms with Crippen molar-refractivity contribution in [3.63, 3.8) is 0 Å². The molecule has 1 aromatic rings. The summed E-state index contributed by atoms with van der Waals surface area (Å²) in [6.07, 6.45) is 12.8. The lowest BCUT2D eigenvalue weighted by Gasteiger charge is -2.14. The van der Waals surface area contributed by atoms with Crippen molar-refractivity contribution in [1.82, 2.24) is 4.90 Å². The first-order valence-electron chi connectivity index (χ1n) is 13.6. The van der Waals surface area contributed by atoms with Crippen LogP contribution in [0.2, 0.25) is 0 Å². The minimum absolute atomic E-state index is 0.500. The minimum Gasteiger partial charge on any atom is -0.398 e. The number of hydrogen-bond donors (Lipinski definition) is 1. The fourth-order valence-electron chi connectivity index (χ4n) is 2.92. The van der Waals surface area contributed by atoms with Gasteiger partial charge >= 0.3 is 0 Å². The maximum Gasteiger partial charge on any atom is 0.0456 e. The number of halogens is 1. The Morgan fingerprint density at radius 1 is 1.08 bits per heavy atom. The molecule has 0 fully saturated rings. The molecule has 0 saturated heterocycles. The molecule has 0 aliphatic rings. The second kappa shape index (κ2) is 25.6. The molecule has 0 spiro atoms. The van der Waals surface area contributed by atoms with Crippen LogP contribution < -0.4 is 5.73 Å². The summed E-state index contributed by atoms with van der Waals surface area (Å²) in [5.74, 6) is 0.639. The van der Waals surface area contributed by atoms with Crippen molar-refractivity contribution in [1.29, 1.82) is 0 Å². The van der Waals surface area contributed by atoms with E-state index in [1.165, 1.54) is 48.7 Å². The van der Waals surface area contributed by atoms with Crippen molar-refractivity contribution in [3.8, 4) is 0 Å². The van der Waals surface area contributed by atoms with Gasteiger partial charge in [0.1, 0.15) is 0 Å². The first-order valence-corrected chi connectivity index (χ1v) is 14.4. The van der Waals surface area contributed by atoms with Crippen molar-refractivity contribution in [2.45, 2.75) is 93.4 Å². The highest BCUT2D eigenvalue weighted by Gasteiger charge is 2.06. The predicted octanol–water partition coefficient (Wildman–Crippen LogP) is 10.3. The smallest absolute Gasteiger partial charge is 0.0456 e. The highest BCUT2D eigenvalue weighted by molar-refractivity contribution is 9.11. The van der Waals surface area contributed by atoms with E-state index in [0.717, 1.165) is 17.3 Å². The van der Waals surface area contributed by atoms with Gasteiger partial charge in [0.2, 0.25) is 0 Å². The molecule has 2 N–H and O–H groups in total. The van der Waals surface area contributed by atoms with Crippen LogP contribution >= 0.6 is 15.9 Å². The fraction of sp³-hybridized carbons (Fsp3) is 0.529. The molecule has 1 atom stereocenters. The maximum absolute atomic E-state index is 4.90. The molecule has 0 heterocycles. The molecule has 1 rings (SSSR count). The van der Waals surface area contributed by atoms with Crippen LogP contribution in [0, 0.1) is 5.41 Å². The number of rotatable bonds is 11. The van der Waals surface area contributed by atoms with Crippen molar-refractivity contribution in [2.75, 3.05) is 20.6 Å². The first-order chi connectivity index (χ1) is 17.3. The molecule has 1 aromatic carbocycles. The van der Waals surface area contributed by atoms with Crippen molar-refractivity contribution in [2.24, 2.45) is 11.1 Å². The van der Waals surface area contributed by atoms with Gasteiger partial charge in [-0.05, 0) is 87.4 Å². The van der Waals surface area contributed by atoms with Gasteiger partial charge in [0.15, 0.2) is 0 Å². The average molecular weight is 574 g/mol. The molecule has 0 aliphatic heterocycles. The fourth-order valence-corrected chi connectivity index (χ4v) is 3.25. The minimum atomic E-state index is 0.500. The molecule has 0 aromatic heterocycles. The van der Waals surface area contributed by atoms with E-state index in [2.05, 4.69) is 118 Å². The summed E-state index contributed by atoms with van der Waals surface area (Å²) in [5.41, 5.74) is 14.6. The van der Waals surface area contributed by atoms with Gasteiger partial charge in [0, 0.05) is 10.7 Å². The largest absolute Gasteiger partial charge is 0.398 e. The molecule has 210 valence electrons. The zero-order chi connectivity index (χ0) is 29.3. The van der Waals surface area contributed by atoms with Crippen LogP contribution in [-0.4, -0.2) is 25.5 Å². The highest BCUT2D eigenvalue weighted by atomic mass is 79.9. The summed E-state index contributed by atoms with van der Waals surface area (Å²) in [6, 6.07) is 9.14. The standard InChI is InChI=1S/C22H32BrN.C5H7N.C5H12.C2H6/c1-6-9-22(19(3)23)16-13-20-11-14-21(15-12-20)18(2)10-7-8-17-24(4)5;1-2-3-4-5-6;1-5(2,3)4;1-2/h6,9,11-12,14-15,18H,1,3,7-8,10,13,16-17H2,2,4-5H3;2,5H,6H2,1H3;1-4H3;1-2H3/b22-9-;;;. The zero-order valence-corrected chi connectivity index (χ0v) is 27.3. The van der Waals surface area contributed by atoms with Crippen LogP contribution in [0.1, 0.15) is 98.1 Å². The third-order valence-corrected chi connectivity index (χ3v) is 5.21. The molecular weight excluding hydrogens is 516 g/mol. The summed E-state index contributed by atoms with van der Waals surface area (Å²) in [4.78, 5) is 2.26. The summed E-state index contributed by atoms with van der Waals surface area (Å²) in [6.45, 7) is 25.9. The van der Waals surface area contributed by atoms with Gasteiger partial charge in [0.05, 0.1) is 0 Å². The Morgan fingerprint density at radius 2 is 1.62 bits per heavy atom. The van der Waals surface area contributed by atoms with Crippen molar-refractivity contribution < 1.29 is 0 Å². The quantitative estimate of drug-likeness (QED) is 0.162. The lowest BCUT2D eigenvalue weighted by molar-refractivity contribution is 0.388. The molecule has 0 bridgehead atoms. The van der Waals surface area contributed by atoms with E-state index in [-0.39, 0.29) is 0 Å². The van der Waals surface area contributed by atoms with Crippen LogP contribution in [0.25, 0.3) is 0 Å². The second-order valence-electron chi connectivity index (χ2n) is 10.5. The van der Waals surface area contributed by atoms with Gasteiger partial charge in [-0.3, -0.25) is 0 Å². The molecule has 2 nitrogen and oxygen atoms in total. The van der Waals surface area contributed by atoms with Gasteiger partial charge in [-0.2, -0.15) is 0 Å². The topological polar surface area (TPSA) is 29.3 Å². The highest BCUT2D eigenvalue weighted by Crippen LogP contribution is 2.24. The van der Waals surface area contributed by atoms with E-state index in [0.29, 0.717) is 11.3 Å². The SMILES string of the molecule is C=C/C=C(/CCc1ccc(C(C)CCCCN(C)C)cc1)C(=C)Br.CC.CC(C)(C)C.CC=C=C=CN. The molecular formula is C34H57BrN2. The Balaban J connectivity index is -0.000000735. The van der Waals surface area contributed by atoms with Gasteiger partial charge in [-0.1, -0.05) is 132 Å². The van der Waals surface area contributed by atoms with E-state index in [1.807, 2.05) is 32.9 Å². The van der Waals surface area contributed by atoms with Gasteiger partial charge in [0.25, 0.3) is 0 Å². The number of benzene rings is 1. The molecule has 0 amide bonds. The Kier molecular flexibility index (Phi) is 27.3. The number of nitrogens with zero attached hydrogens (tertiary/aromatic N) is 1. The molecule has 0 radical (unpaired) electrons. The summed E-state index contributed by atoms with van der Waals surface area (Å²) in [5, 5.41) is 0. The van der Waals surface area contributed by atoms with Crippen LogP contribution in [0.3, 0.4) is 0 Å². The number of nitrogens with two attached hydrogens (primary N) is 1. The Morgan fingerprint density at radius 3 is 2.00 bits per heavy atom. The van der Waals surface area contributed by atoms with E-state index >= 15 is 0 Å². The number of allylic oxidation sites excluding steroid dienone is 5. The first kappa shape index (κ1) is 39.5. The van der Waals surface area contributed by atoms with Crippen molar-refractivity contribution in [3.05, 3.63) is 94.5 Å². The van der Waals surface area contributed by atoms with Crippen molar-refractivity contribution >= 4 is 15.9 Å². The average Bonchev–Trinajstić information content (AvgIpc) is 2.83. The number of aryl methyl sites for hydroxylation is 1. The number of hydrogen-bond acceptors (Lipinski definition) is 2. The van der Waals surface area contributed by atoms with Crippen LogP contribution in [0.4, 0.5) is 0 Å². The van der Waals surface area contributed by atoms with Crippen LogP contribution in [-0.2, 0) is 6.42 Å². The second-order valence-corrected chi connectivity index (χ2v) is 11.5. The zero-order valence-electron chi connectivity index (χ0n) is 25.8. The normalized spacial score (nSPS) is 11.1. The molecule has 1 unspecified atom stereocenters. The molecule has 0 saturated carbocycles. The third-order valence-electron chi connectivity index (χ3n) is 4.70. The monoisotopic (exact) mass is 572 g/mol. The summed E-state index contributed by atoms with van der Waals surface area (Å²) < 4.78 is 0.949. The Hall–Kier alpha value is -2.02. The molecule has 3 heteroatoms. The van der Waals surface area contributed by atoms with Gasteiger partial charge in [-0.25, -0.2) is 0 Å². The van der Waals surface area contributed by atoms with E-state index in [4.69, 9.17) is 5.73 Å². The van der Waals surface area contributed by atoms with Gasteiger partial charge < -0.3 is 10.6 Å². The predicted molar refractivity (Wildman–Crippen MR) is 174 cm³/mol. The van der Waals surface area contributed by atoms with E-state index in [1.54, 1.807) is 6.08 Å². The van der Waals surface area contributed by atoms with E-state index in [9.17, 15) is 0 Å². The third kappa shape index (κ3) is 30.1. The lowest BCUT2D eigenvalue weighted by Crippen LogP contribution is -2.12.